The molecule has 5 heteroatoms. The third kappa shape index (κ3) is 7.38. The zero-order valence-electron chi connectivity index (χ0n) is 12.8. The molecule has 1 saturated heterocycles. The van der Waals surface area contributed by atoms with Gasteiger partial charge in [-0.3, -0.25) is 0 Å². The molecule has 1 fully saturated rings. The number of rotatable bonds is 5. The van der Waals surface area contributed by atoms with Crippen LogP contribution in [-0.2, 0) is 4.74 Å². The van der Waals surface area contributed by atoms with Gasteiger partial charge in [0, 0.05) is 25.7 Å². The van der Waals surface area contributed by atoms with Gasteiger partial charge in [0.15, 0.2) is 0 Å². The molecule has 19 heavy (non-hydrogen) atoms. The largest absolute Gasteiger partial charge is 0.444 e. The van der Waals surface area contributed by atoms with E-state index in [0.29, 0.717) is 12.6 Å². The number of carbonyl (C=O) groups is 1. The summed E-state index contributed by atoms with van der Waals surface area (Å²) in [6.45, 7) is 9.17. The van der Waals surface area contributed by atoms with E-state index in [9.17, 15) is 4.79 Å². The van der Waals surface area contributed by atoms with Crippen molar-refractivity contribution < 1.29 is 9.53 Å². The number of piperidine rings is 1. The topological polar surface area (TPSA) is 53.6 Å². The van der Waals surface area contributed by atoms with Crippen molar-refractivity contribution in [1.29, 1.82) is 0 Å². The molecule has 0 aliphatic carbocycles. The second-order valence-corrected chi connectivity index (χ2v) is 6.26. The number of hydrogen-bond acceptors (Lipinski definition) is 4. The number of ether oxygens (including phenoxy) is 1. The maximum absolute atomic E-state index is 11.4. The Kier molecular flexibility index (Phi) is 6.58. The van der Waals surface area contributed by atoms with Crippen LogP contribution in [0.3, 0.4) is 0 Å². The predicted molar refractivity (Wildman–Crippen MR) is 77.4 cm³/mol. The minimum absolute atomic E-state index is 0.343. The summed E-state index contributed by atoms with van der Waals surface area (Å²) in [4.78, 5) is 13.8. The summed E-state index contributed by atoms with van der Waals surface area (Å²) in [6, 6.07) is 0.635. The molecule has 112 valence electrons. The second-order valence-electron chi connectivity index (χ2n) is 6.26. The molecule has 0 spiro atoms. The Morgan fingerprint density at radius 3 is 2.68 bits per heavy atom. The molecule has 0 aromatic carbocycles. The fourth-order valence-electron chi connectivity index (χ4n) is 2.24. The fraction of sp³-hybridized carbons (Fsp3) is 0.929. The van der Waals surface area contributed by atoms with E-state index in [1.807, 2.05) is 20.8 Å². The molecular weight excluding hydrogens is 242 g/mol. The van der Waals surface area contributed by atoms with Crippen LogP contribution in [-0.4, -0.2) is 55.9 Å². The van der Waals surface area contributed by atoms with E-state index in [1.54, 1.807) is 0 Å². The summed E-state index contributed by atoms with van der Waals surface area (Å²) in [7, 11) is 2.18. The van der Waals surface area contributed by atoms with Gasteiger partial charge in [0.1, 0.15) is 5.60 Å². The van der Waals surface area contributed by atoms with Crippen molar-refractivity contribution in [2.24, 2.45) is 0 Å². The molecule has 1 aliphatic heterocycles. The number of carbonyl (C=O) groups excluding carboxylic acids is 1. The van der Waals surface area contributed by atoms with Crippen LogP contribution in [0, 0.1) is 0 Å². The van der Waals surface area contributed by atoms with Gasteiger partial charge in [0.05, 0.1) is 0 Å². The molecule has 0 bridgehead atoms. The van der Waals surface area contributed by atoms with Gasteiger partial charge in [0.2, 0.25) is 0 Å². The second kappa shape index (κ2) is 7.70. The van der Waals surface area contributed by atoms with E-state index in [2.05, 4.69) is 22.6 Å². The first-order valence-corrected chi connectivity index (χ1v) is 7.26. The Morgan fingerprint density at radius 1 is 1.32 bits per heavy atom. The van der Waals surface area contributed by atoms with Crippen molar-refractivity contribution >= 4 is 6.09 Å². The fourth-order valence-corrected chi connectivity index (χ4v) is 2.24. The van der Waals surface area contributed by atoms with Crippen LogP contribution in [0.15, 0.2) is 0 Å². The first kappa shape index (κ1) is 16.2. The number of nitrogens with one attached hydrogen (secondary N) is 2. The highest BCUT2D eigenvalue weighted by Crippen LogP contribution is 2.13. The normalized spacial score (nSPS) is 21.2. The molecule has 5 nitrogen and oxygen atoms in total. The molecule has 1 amide bonds. The summed E-state index contributed by atoms with van der Waals surface area (Å²) in [5.74, 6) is 0. The summed E-state index contributed by atoms with van der Waals surface area (Å²) in [5, 5.41) is 6.14. The lowest BCUT2D eigenvalue weighted by molar-refractivity contribution is 0.0528. The Bertz CT molecular complexity index is 276. The summed E-state index contributed by atoms with van der Waals surface area (Å²) < 4.78 is 5.17. The van der Waals surface area contributed by atoms with Crippen LogP contribution in [0.2, 0.25) is 0 Å². The first-order valence-electron chi connectivity index (χ1n) is 7.26. The minimum Gasteiger partial charge on any atom is -0.444 e. The van der Waals surface area contributed by atoms with Crippen LogP contribution in [0.1, 0.15) is 40.0 Å². The van der Waals surface area contributed by atoms with Crippen molar-refractivity contribution in [2.45, 2.75) is 51.7 Å². The molecule has 0 aromatic heterocycles. The van der Waals surface area contributed by atoms with Gasteiger partial charge < -0.3 is 20.3 Å². The highest BCUT2D eigenvalue weighted by atomic mass is 16.6. The molecule has 1 aliphatic rings. The molecule has 2 N–H and O–H groups in total. The van der Waals surface area contributed by atoms with Crippen molar-refractivity contribution in [3.63, 3.8) is 0 Å². The van der Waals surface area contributed by atoms with Gasteiger partial charge in [-0.2, -0.15) is 0 Å². The van der Waals surface area contributed by atoms with Crippen molar-refractivity contribution in [3.05, 3.63) is 0 Å². The predicted octanol–water partition coefficient (Wildman–Crippen LogP) is 1.58. The minimum atomic E-state index is -0.428. The van der Waals surface area contributed by atoms with Crippen LogP contribution in [0.25, 0.3) is 0 Å². The van der Waals surface area contributed by atoms with E-state index in [-0.39, 0.29) is 6.09 Å². The molecule has 0 radical (unpaired) electrons. The van der Waals surface area contributed by atoms with Crippen molar-refractivity contribution in [1.82, 2.24) is 15.5 Å². The molecular formula is C14H29N3O2. The summed E-state index contributed by atoms with van der Waals surface area (Å²) in [5.41, 5.74) is -0.428. The lowest BCUT2D eigenvalue weighted by Gasteiger charge is -2.32. The quantitative estimate of drug-likeness (QED) is 0.746. The lowest BCUT2D eigenvalue weighted by Crippen LogP contribution is -2.44. The lowest BCUT2D eigenvalue weighted by atomic mass is 10.0. The third-order valence-corrected chi connectivity index (χ3v) is 3.27. The average molecular weight is 271 g/mol. The van der Waals surface area contributed by atoms with Gasteiger partial charge in [-0.05, 0) is 47.2 Å². The van der Waals surface area contributed by atoms with Crippen LogP contribution in [0.5, 0.6) is 0 Å². The number of likely N-dealkylation sites (N-methyl/N-ethyl adjacent to an activating group) is 1. The third-order valence-electron chi connectivity index (χ3n) is 3.27. The Hall–Kier alpha value is -0.810. The van der Waals surface area contributed by atoms with Crippen LogP contribution < -0.4 is 10.6 Å². The number of likely N-dealkylation sites (tertiary alicyclic amines) is 1. The van der Waals surface area contributed by atoms with E-state index in [0.717, 1.165) is 13.1 Å². The smallest absolute Gasteiger partial charge is 0.407 e. The highest BCUT2D eigenvalue weighted by molar-refractivity contribution is 5.67. The van der Waals surface area contributed by atoms with E-state index in [4.69, 9.17) is 4.74 Å². The maximum Gasteiger partial charge on any atom is 0.407 e. The van der Waals surface area contributed by atoms with Gasteiger partial charge in [-0.1, -0.05) is 6.42 Å². The molecule has 0 aromatic rings. The number of nitrogens with zero attached hydrogens (tertiary/aromatic N) is 1. The van der Waals surface area contributed by atoms with Crippen molar-refractivity contribution in [3.8, 4) is 0 Å². The van der Waals surface area contributed by atoms with Crippen molar-refractivity contribution in [2.75, 3.05) is 33.2 Å². The Labute approximate surface area is 117 Å². The van der Waals surface area contributed by atoms with E-state index >= 15 is 0 Å². The van der Waals surface area contributed by atoms with Crippen LogP contribution in [0.4, 0.5) is 4.79 Å². The molecule has 1 atom stereocenters. The zero-order chi connectivity index (χ0) is 14.3. The summed E-state index contributed by atoms with van der Waals surface area (Å²) >= 11 is 0. The number of amides is 1. The van der Waals surface area contributed by atoms with Crippen LogP contribution >= 0.6 is 0 Å². The summed E-state index contributed by atoms with van der Waals surface area (Å²) in [6.07, 6.45) is 3.56. The van der Waals surface area contributed by atoms with E-state index in [1.165, 1.54) is 25.8 Å². The standard InChI is InChI=1S/C14H29N3O2/c1-14(2,3)19-13(18)16-9-8-15-11-12-7-5-6-10-17(12)4/h12,15H,5-11H2,1-4H3,(H,16,18). The zero-order valence-corrected chi connectivity index (χ0v) is 12.8. The monoisotopic (exact) mass is 271 g/mol. The average Bonchev–Trinajstić information content (AvgIpc) is 2.28. The maximum atomic E-state index is 11.4. The van der Waals surface area contributed by atoms with Gasteiger partial charge in [-0.15, -0.1) is 0 Å². The SMILES string of the molecule is CN1CCCCC1CNCCNC(=O)OC(C)(C)C. The number of hydrogen-bond donors (Lipinski definition) is 2. The van der Waals surface area contributed by atoms with Gasteiger partial charge in [0.25, 0.3) is 0 Å². The Morgan fingerprint density at radius 2 is 2.05 bits per heavy atom. The molecule has 1 unspecified atom stereocenters. The van der Waals surface area contributed by atoms with Gasteiger partial charge in [-0.25, -0.2) is 4.79 Å². The van der Waals surface area contributed by atoms with E-state index < -0.39 is 5.60 Å². The first-order chi connectivity index (χ1) is 8.88. The Balaban J connectivity index is 2.03. The molecule has 1 rings (SSSR count). The highest BCUT2D eigenvalue weighted by Gasteiger charge is 2.18. The van der Waals surface area contributed by atoms with Gasteiger partial charge >= 0.3 is 6.09 Å². The molecule has 0 saturated carbocycles. The molecule has 1 heterocycles. The number of alkyl carbamates (subject to hydrolysis) is 1.